The highest BCUT2D eigenvalue weighted by molar-refractivity contribution is 5.09. The Morgan fingerprint density at radius 1 is 1.60 bits per heavy atom. The molecule has 80 valence electrons. The quantitative estimate of drug-likeness (QED) is 0.781. The molecule has 5 heteroatoms. The molecule has 0 spiro atoms. The van der Waals surface area contributed by atoms with E-state index in [9.17, 15) is 5.11 Å². The van der Waals surface area contributed by atoms with Crippen LogP contribution in [0.25, 0.3) is 0 Å². The Hall–Kier alpha value is -1.62. The SMILES string of the molecule is CCn1ccnc1CC(O)c1cn[nH]c1. The molecule has 2 heterocycles. The third-order valence-corrected chi connectivity index (χ3v) is 2.42. The number of hydrogen-bond donors (Lipinski definition) is 2. The van der Waals surface area contributed by atoms with E-state index in [1.54, 1.807) is 18.6 Å². The van der Waals surface area contributed by atoms with Crippen LogP contribution < -0.4 is 0 Å². The first-order chi connectivity index (χ1) is 7.31. The first kappa shape index (κ1) is 9.92. The Morgan fingerprint density at radius 2 is 2.47 bits per heavy atom. The molecule has 0 aliphatic heterocycles. The van der Waals surface area contributed by atoms with Crippen molar-refractivity contribution in [1.82, 2.24) is 19.7 Å². The summed E-state index contributed by atoms with van der Waals surface area (Å²) in [7, 11) is 0. The van der Waals surface area contributed by atoms with Gasteiger partial charge in [0.2, 0.25) is 0 Å². The van der Waals surface area contributed by atoms with E-state index in [0.717, 1.165) is 17.9 Å². The molecule has 0 fully saturated rings. The number of aromatic amines is 1. The van der Waals surface area contributed by atoms with Crippen molar-refractivity contribution in [2.24, 2.45) is 0 Å². The van der Waals surface area contributed by atoms with E-state index in [1.807, 2.05) is 10.8 Å². The van der Waals surface area contributed by atoms with Crippen LogP contribution in [0.2, 0.25) is 0 Å². The van der Waals surface area contributed by atoms with E-state index in [1.165, 1.54) is 0 Å². The highest BCUT2D eigenvalue weighted by Crippen LogP contribution is 2.15. The van der Waals surface area contributed by atoms with E-state index >= 15 is 0 Å². The maximum absolute atomic E-state index is 9.89. The second-order valence-electron chi connectivity index (χ2n) is 3.38. The van der Waals surface area contributed by atoms with Gasteiger partial charge in [0.25, 0.3) is 0 Å². The first-order valence-corrected chi connectivity index (χ1v) is 4.98. The first-order valence-electron chi connectivity index (χ1n) is 4.98. The second kappa shape index (κ2) is 4.27. The van der Waals surface area contributed by atoms with Gasteiger partial charge in [0.15, 0.2) is 0 Å². The van der Waals surface area contributed by atoms with Crippen molar-refractivity contribution >= 4 is 0 Å². The molecule has 0 bridgehead atoms. The summed E-state index contributed by atoms with van der Waals surface area (Å²) in [4.78, 5) is 4.21. The second-order valence-corrected chi connectivity index (χ2v) is 3.38. The van der Waals surface area contributed by atoms with Crippen LogP contribution in [0, 0.1) is 0 Å². The van der Waals surface area contributed by atoms with Crippen LogP contribution in [0.4, 0.5) is 0 Å². The fourth-order valence-electron chi connectivity index (χ4n) is 1.55. The van der Waals surface area contributed by atoms with Crippen molar-refractivity contribution in [2.75, 3.05) is 0 Å². The summed E-state index contributed by atoms with van der Waals surface area (Å²) >= 11 is 0. The van der Waals surface area contributed by atoms with Gasteiger partial charge in [0.1, 0.15) is 5.82 Å². The van der Waals surface area contributed by atoms with Gasteiger partial charge in [-0.2, -0.15) is 5.10 Å². The van der Waals surface area contributed by atoms with Crippen LogP contribution >= 0.6 is 0 Å². The Labute approximate surface area is 87.8 Å². The highest BCUT2D eigenvalue weighted by Gasteiger charge is 2.12. The molecular formula is C10H14N4O. The van der Waals surface area contributed by atoms with Gasteiger partial charge in [0, 0.05) is 37.1 Å². The molecule has 1 unspecified atom stereocenters. The number of rotatable bonds is 4. The molecule has 5 nitrogen and oxygen atoms in total. The van der Waals surface area contributed by atoms with E-state index in [2.05, 4.69) is 22.1 Å². The minimum absolute atomic E-state index is 0.514. The number of nitrogens with zero attached hydrogens (tertiary/aromatic N) is 3. The van der Waals surface area contributed by atoms with Gasteiger partial charge in [-0.05, 0) is 6.92 Å². The molecule has 0 saturated carbocycles. The predicted molar refractivity (Wildman–Crippen MR) is 55.2 cm³/mol. The van der Waals surface area contributed by atoms with Gasteiger partial charge in [-0.3, -0.25) is 5.10 Å². The van der Waals surface area contributed by atoms with Crippen LogP contribution in [-0.4, -0.2) is 24.9 Å². The molecule has 0 aliphatic rings. The maximum atomic E-state index is 9.89. The van der Waals surface area contributed by atoms with Crippen molar-refractivity contribution in [1.29, 1.82) is 0 Å². The predicted octanol–water partition coefficient (Wildman–Crippen LogP) is 0.902. The maximum Gasteiger partial charge on any atom is 0.111 e. The van der Waals surface area contributed by atoms with Crippen molar-refractivity contribution in [3.05, 3.63) is 36.2 Å². The lowest BCUT2D eigenvalue weighted by molar-refractivity contribution is 0.174. The lowest BCUT2D eigenvalue weighted by Crippen LogP contribution is -2.07. The molecule has 15 heavy (non-hydrogen) atoms. The van der Waals surface area contributed by atoms with Gasteiger partial charge in [-0.1, -0.05) is 0 Å². The van der Waals surface area contributed by atoms with Crippen LogP contribution in [0.3, 0.4) is 0 Å². The summed E-state index contributed by atoms with van der Waals surface area (Å²) in [5.41, 5.74) is 0.792. The summed E-state index contributed by atoms with van der Waals surface area (Å²) in [5.74, 6) is 0.895. The van der Waals surface area contributed by atoms with Gasteiger partial charge in [-0.15, -0.1) is 0 Å². The van der Waals surface area contributed by atoms with Gasteiger partial charge in [-0.25, -0.2) is 4.98 Å². The van der Waals surface area contributed by atoms with Crippen LogP contribution in [0.15, 0.2) is 24.8 Å². The number of aliphatic hydroxyl groups excluding tert-OH is 1. The molecule has 2 N–H and O–H groups in total. The normalized spacial score (nSPS) is 12.9. The molecule has 2 rings (SSSR count). The molecular weight excluding hydrogens is 192 g/mol. The topological polar surface area (TPSA) is 66.7 Å². The number of H-pyrrole nitrogens is 1. The summed E-state index contributed by atoms with van der Waals surface area (Å²) in [6.07, 6.45) is 6.96. The largest absolute Gasteiger partial charge is 0.388 e. The van der Waals surface area contributed by atoms with E-state index in [0.29, 0.717) is 6.42 Å². The van der Waals surface area contributed by atoms with E-state index in [-0.39, 0.29) is 0 Å². The fraction of sp³-hybridized carbons (Fsp3) is 0.400. The van der Waals surface area contributed by atoms with Crippen molar-refractivity contribution in [3.63, 3.8) is 0 Å². The zero-order valence-corrected chi connectivity index (χ0v) is 8.59. The van der Waals surface area contributed by atoms with Crippen molar-refractivity contribution in [3.8, 4) is 0 Å². The highest BCUT2D eigenvalue weighted by atomic mass is 16.3. The third-order valence-electron chi connectivity index (χ3n) is 2.42. The average molecular weight is 206 g/mol. The molecule has 2 aromatic rings. The Balaban J connectivity index is 2.09. The number of imidazole rings is 1. The average Bonchev–Trinajstić information content (AvgIpc) is 2.87. The van der Waals surface area contributed by atoms with Crippen molar-refractivity contribution in [2.45, 2.75) is 26.0 Å². The summed E-state index contributed by atoms with van der Waals surface area (Å²) in [5, 5.41) is 16.4. The van der Waals surface area contributed by atoms with Crippen LogP contribution in [-0.2, 0) is 13.0 Å². The monoisotopic (exact) mass is 206 g/mol. The van der Waals surface area contributed by atoms with Gasteiger partial charge < -0.3 is 9.67 Å². The molecule has 0 radical (unpaired) electrons. The van der Waals surface area contributed by atoms with Gasteiger partial charge >= 0.3 is 0 Å². The fourth-order valence-corrected chi connectivity index (χ4v) is 1.55. The number of nitrogens with one attached hydrogen (secondary N) is 1. The Morgan fingerprint density at radius 3 is 3.13 bits per heavy atom. The third kappa shape index (κ3) is 2.07. The number of aliphatic hydroxyl groups is 1. The summed E-state index contributed by atoms with van der Waals surface area (Å²) in [6.45, 7) is 2.92. The van der Waals surface area contributed by atoms with Gasteiger partial charge in [0.05, 0.1) is 12.3 Å². The molecule has 0 aliphatic carbocycles. The molecule has 0 aromatic carbocycles. The number of aryl methyl sites for hydroxylation is 1. The Kier molecular flexibility index (Phi) is 2.82. The molecule has 0 amide bonds. The summed E-state index contributed by atoms with van der Waals surface area (Å²) in [6, 6.07) is 0. The molecule has 0 saturated heterocycles. The summed E-state index contributed by atoms with van der Waals surface area (Å²) < 4.78 is 2.02. The smallest absolute Gasteiger partial charge is 0.111 e. The van der Waals surface area contributed by atoms with Crippen LogP contribution in [0.5, 0.6) is 0 Å². The zero-order valence-electron chi connectivity index (χ0n) is 8.59. The lowest BCUT2D eigenvalue weighted by atomic mass is 10.1. The van der Waals surface area contributed by atoms with Crippen molar-refractivity contribution < 1.29 is 5.11 Å². The number of hydrogen-bond acceptors (Lipinski definition) is 3. The molecule has 1 atom stereocenters. The molecule has 2 aromatic heterocycles. The van der Waals surface area contributed by atoms with Crippen LogP contribution in [0.1, 0.15) is 24.4 Å². The van der Waals surface area contributed by atoms with E-state index < -0.39 is 6.10 Å². The number of aromatic nitrogens is 4. The van der Waals surface area contributed by atoms with E-state index in [4.69, 9.17) is 0 Å². The zero-order chi connectivity index (χ0) is 10.7. The lowest BCUT2D eigenvalue weighted by Gasteiger charge is -2.09. The minimum Gasteiger partial charge on any atom is -0.388 e. The minimum atomic E-state index is -0.545. The Bertz CT molecular complexity index is 407. The standard InChI is InChI=1S/C10H14N4O/c1-2-14-4-3-11-10(14)5-9(15)8-6-12-13-7-8/h3-4,6-7,9,15H,2,5H2,1H3,(H,12,13).